The first-order chi connectivity index (χ1) is 9.61. The van der Waals surface area contributed by atoms with Gasteiger partial charge in [-0.2, -0.15) is 0 Å². The second-order valence-corrected chi connectivity index (χ2v) is 5.11. The summed E-state index contributed by atoms with van der Waals surface area (Å²) < 4.78 is 10.8. The van der Waals surface area contributed by atoms with Gasteiger partial charge in [0.05, 0.1) is 13.2 Å². The minimum atomic E-state index is -0.496. The molecule has 2 atom stereocenters. The second kappa shape index (κ2) is 6.72. The number of nitrogens with one attached hydrogen (secondary N) is 1. The third-order valence-electron chi connectivity index (χ3n) is 3.61. The maximum Gasteiger partial charge on any atom is 0.239 e. The number of hydrogen-bond donors (Lipinski definition) is 2. The van der Waals surface area contributed by atoms with Crippen molar-refractivity contribution >= 4 is 5.91 Å². The maximum atomic E-state index is 11.7. The zero-order valence-corrected chi connectivity index (χ0v) is 12.0. The highest BCUT2D eigenvalue weighted by atomic mass is 16.5. The number of hydrogen-bond acceptors (Lipinski definition) is 4. The van der Waals surface area contributed by atoms with Crippen LogP contribution < -0.4 is 15.8 Å². The minimum Gasteiger partial charge on any atom is -0.496 e. The molecule has 0 spiro atoms. The number of rotatable bonds is 6. The monoisotopic (exact) mass is 278 g/mol. The fraction of sp³-hybridized carbons (Fsp3) is 0.533. The van der Waals surface area contributed by atoms with Crippen molar-refractivity contribution in [1.82, 2.24) is 5.32 Å². The van der Waals surface area contributed by atoms with Crippen LogP contribution in [0.1, 0.15) is 30.0 Å². The average Bonchev–Trinajstić information content (AvgIpc) is 2.92. The highest BCUT2D eigenvalue weighted by Gasteiger charge is 2.22. The van der Waals surface area contributed by atoms with Crippen LogP contribution in [0, 0.1) is 6.92 Å². The van der Waals surface area contributed by atoms with E-state index in [-0.39, 0.29) is 12.0 Å². The van der Waals surface area contributed by atoms with Crippen LogP contribution in [0.15, 0.2) is 18.2 Å². The van der Waals surface area contributed by atoms with E-state index in [1.54, 1.807) is 7.11 Å². The fourth-order valence-electron chi connectivity index (χ4n) is 2.52. The van der Waals surface area contributed by atoms with Crippen LogP contribution in [0.2, 0.25) is 0 Å². The van der Waals surface area contributed by atoms with Gasteiger partial charge in [-0.15, -0.1) is 0 Å². The lowest BCUT2D eigenvalue weighted by Crippen LogP contribution is -2.37. The lowest BCUT2D eigenvalue weighted by atomic mass is 10.0. The Morgan fingerprint density at radius 2 is 2.40 bits per heavy atom. The second-order valence-electron chi connectivity index (χ2n) is 5.11. The van der Waals surface area contributed by atoms with E-state index in [1.165, 1.54) is 0 Å². The third-order valence-corrected chi connectivity index (χ3v) is 3.61. The fourth-order valence-corrected chi connectivity index (χ4v) is 2.52. The van der Waals surface area contributed by atoms with E-state index >= 15 is 0 Å². The summed E-state index contributed by atoms with van der Waals surface area (Å²) in [7, 11) is 1.63. The molecule has 1 aromatic carbocycles. The molecule has 110 valence electrons. The van der Waals surface area contributed by atoms with Gasteiger partial charge in [-0.1, -0.05) is 12.1 Å². The Labute approximate surface area is 119 Å². The Balaban J connectivity index is 2.07. The summed E-state index contributed by atoms with van der Waals surface area (Å²) in [6, 6.07) is 5.15. The molecular weight excluding hydrogens is 256 g/mol. The Morgan fingerprint density at radius 1 is 1.60 bits per heavy atom. The lowest BCUT2D eigenvalue weighted by molar-refractivity contribution is -0.120. The van der Waals surface area contributed by atoms with Crippen molar-refractivity contribution < 1.29 is 14.3 Å². The zero-order chi connectivity index (χ0) is 14.5. The normalized spacial score (nSPS) is 19.8. The highest BCUT2D eigenvalue weighted by molar-refractivity contribution is 5.81. The van der Waals surface area contributed by atoms with E-state index in [4.69, 9.17) is 15.2 Å². The number of methoxy groups -OCH3 is 1. The summed E-state index contributed by atoms with van der Waals surface area (Å²) in [5.41, 5.74) is 7.34. The first-order valence-corrected chi connectivity index (χ1v) is 6.90. The summed E-state index contributed by atoms with van der Waals surface area (Å²) in [5.74, 6) is 0.420. The molecule has 1 heterocycles. The van der Waals surface area contributed by atoms with Crippen molar-refractivity contribution in [2.24, 2.45) is 5.73 Å². The van der Waals surface area contributed by atoms with Crippen molar-refractivity contribution in [2.45, 2.75) is 31.9 Å². The number of nitrogens with two attached hydrogens (primary N) is 1. The smallest absolute Gasteiger partial charge is 0.239 e. The molecule has 5 nitrogen and oxygen atoms in total. The number of amides is 1. The van der Waals surface area contributed by atoms with Crippen molar-refractivity contribution in [3.05, 3.63) is 29.3 Å². The van der Waals surface area contributed by atoms with Gasteiger partial charge in [0.25, 0.3) is 0 Å². The lowest BCUT2D eigenvalue weighted by Gasteiger charge is -2.19. The molecule has 1 aliphatic rings. The van der Waals surface area contributed by atoms with E-state index < -0.39 is 6.04 Å². The van der Waals surface area contributed by atoms with Gasteiger partial charge in [-0.25, -0.2) is 0 Å². The molecule has 0 bridgehead atoms. The summed E-state index contributed by atoms with van der Waals surface area (Å²) in [6.45, 7) is 3.38. The van der Waals surface area contributed by atoms with E-state index in [0.29, 0.717) is 6.54 Å². The topological polar surface area (TPSA) is 73.6 Å². The predicted molar refractivity (Wildman–Crippen MR) is 76.6 cm³/mol. The largest absolute Gasteiger partial charge is 0.496 e. The van der Waals surface area contributed by atoms with Gasteiger partial charge in [0.2, 0.25) is 5.91 Å². The van der Waals surface area contributed by atoms with E-state index in [9.17, 15) is 4.79 Å². The van der Waals surface area contributed by atoms with Crippen molar-refractivity contribution in [1.29, 1.82) is 0 Å². The molecule has 1 amide bonds. The third kappa shape index (κ3) is 3.49. The number of aryl methyl sites for hydroxylation is 1. The number of carbonyl (C=O) groups is 1. The van der Waals surface area contributed by atoms with Crippen molar-refractivity contribution in [3.63, 3.8) is 0 Å². The van der Waals surface area contributed by atoms with Gasteiger partial charge in [0, 0.05) is 13.2 Å². The quantitative estimate of drug-likeness (QED) is 0.822. The van der Waals surface area contributed by atoms with Crippen LogP contribution in [0.4, 0.5) is 0 Å². The molecule has 0 aliphatic carbocycles. The number of primary amides is 1. The molecule has 3 N–H and O–H groups in total. The van der Waals surface area contributed by atoms with Crippen LogP contribution in [-0.4, -0.2) is 32.3 Å². The molecule has 2 rings (SSSR count). The van der Waals surface area contributed by atoms with Gasteiger partial charge in [0.15, 0.2) is 0 Å². The van der Waals surface area contributed by atoms with E-state index in [0.717, 1.165) is 36.3 Å². The number of carbonyl (C=O) groups excluding carboxylic acids is 1. The Bertz CT molecular complexity index is 470. The molecule has 0 radical (unpaired) electrons. The van der Waals surface area contributed by atoms with Gasteiger partial charge < -0.3 is 15.2 Å². The van der Waals surface area contributed by atoms with Crippen LogP contribution in [-0.2, 0) is 9.53 Å². The standard InChI is InChI=1S/C15H22N2O3/c1-10-8-11(5-6-13(10)19-2)14(15(16)18)17-9-12-4-3-7-20-12/h5-6,8,12,14,17H,3-4,7,9H2,1-2H3,(H2,16,18). The van der Waals surface area contributed by atoms with Crippen LogP contribution in [0.3, 0.4) is 0 Å². The maximum absolute atomic E-state index is 11.7. The molecule has 0 aromatic heterocycles. The van der Waals surface area contributed by atoms with Gasteiger partial charge in [-0.05, 0) is 37.0 Å². The summed E-state index contributed by atoms with van der Waals surface area (Å²) in [4.78, 5) is 11.7. The Kier molecular flexibility index (Phi) is 4.98. The molecule has 0 saturated carbocycles. The van der Waals surface area contributed by atoms with Crippen molar-refractivity contribution in [2.75, 3.05) is 20.3 Å². The molecule has 2 unspecified atom stereocenters. The molecule has 1 saturated heterocycles. The van der Waals surface area contributed by atoms with Crippen LogP contribution in [0.5, 0.6) is 5.75 Å². The van der Waals surface area contributed by atoms with E-state index in [2.05, 4.69) is 5.32 Å². The van der Waals surface area contributed by atoms with Crippen molar-refractivity contribution in [3.8, 4) is 5.75 Å². The molecule has 1 aromatic rings. The SMILES string of the molecule is COc1ccc(C(NCC2CCCO2)C(N)=O)cc1C. The molecule has 5 heteroatoms. The summed E-state index contributed by atoms with van der Waals surface area (Å²) >= 11 is 0. The van der Waals surface area contributed by atoms with Gasteiger partial charge in [0.1, 0.15) is 11.8 Å². The van der Waals surface area contributed by atoms with Gasteiger partial charge >= 0.3 is 0 Å². The Hall–Kier alpha value is -1.59. The zero-order valence-electron chi connectivity index (χ0n) is 12.0. The van der Waals surface area contributed by atoms with Crippen LogP contribution in [0.25, 0.3) is 0 Å². The summed E-state index contributed by atoms with van der Waals surface area (Å²) in [6.07, 6.45) is 2.28. The molecule has 20 heavy (non-hydrogen) atoms. The Morgan fingerprint density at radius 3 is 2.95 bits per heavy atom. The van der Waals surface area contributed by atoms with Crippen LogP contribution >= 0.6 is 0 Å². The van der Waals surface area contributed by atoms with Gasteiger partial charge in [-0.3, -0.25) is 10.1 Å². The average molecular weight is 278 g/mol. The predicted octanol–water partition coefficient (Wildman–Crippen LogP) is 1.30. The first-order valence-electron chi connectivity index (χ1n) is 6.90. The number of ether oxygens (including phenoxy) is 2. The molecule has 1 fully saturated rings. The molecule has 1 aliphatic heterocycles. The first kappa shape index (κ1) is 14.8. The highest BCUT2D eigenvalue weighted by Crippen LogP contribution is 2.23. The molecular formula is C15H22N2O3. The number of benzene rings is 1. The van der Waals surface area contributed by atoms with E-state index in [1.807, 2.05) is 25.1 Å². The minimum absolute atomic E-state index is 0.177. The summed E-state index contributed by atoms with van der Waals surface area (Å²) in [5, 5.41) is 3.20.